The molecule has 1 nitrogen and oxygen atoms in total. The second-order valence-corrected chi connectivity index (χ2v) is 3.62. The molecule has 0 heterocycles. The zero-order valence-corrected chi connectivity index (χ0v) is 8.37. The van der Waals surface area contributed by atoms with Crippen molar-refractivity contribution in [2.75, 3.05) is 6.61 Å². The molecule has 0 aliphatic rings. The minimum Gasteiger partial charge on any atom is -0.396 e. The van der Waals surface area contributed by atoms with Crippen LogP contribution in [0.3, 0.4) is 0 Å². The van der Waals surface area contributed by atoms with Crippen molar-refractivity contribution >= 4 is 11.6 Å². The number of halogens is 1. The molecular formula is C11H15ClO. The van der Waals surface area contributed by atoms with Crippen molar-refractivity contribution in [2.45, 2.75) is 24.6 Å². The lowest BCUT2D eigenvalue weighted by molar-refractivity contribution is 0.283. The number of aliphatic hydroxyl groups is 1. The first-order valence-corrected chi connectivity index (χ1v) is 5.08. The summed E-state index contributed by atoms with van der Waals surface area (Å²) in [4.78, 5) is 0. The second kappa shape index (κ2) is 6.01. The van der Waals surface area contributed by atoms with E-state index in [2.05, 4.69) is 0 Å². The van der Waals surface area contributed by atoms with Crippen molar-refractivity contribution in [2.24, 2.45) is 0 Å². The normalized spacial score (nSPS) is 12.8. The van der Waals surface area contributed by atoms with Gasteiger partial charge in [0, 0.05) is 6.61 Å². The van der Waals surface area contributed by atoms with E-state index in [1.54, 1.807) is 0 Å². The molecule has 0 fully saturated rings. The molecule has 1 N–H and O–H groups in total. The smallest absolute Gasteiger partial charge is 0.0585 e. The standard InChI is InChI=1S/C11H15ClO/c12-11(8-4-5-9-13)10-6-2-1-3-7-10/h1-3,6-7,11,13H,4-5,8-9H2. The first-order valence-electron chi connectivity index (χ1n) is 4.64. The molecule has 1 atom stereocenters. The van der Waals surface area contributed by atoms with E-state index >= 15 is 0 Å². The predicted octanol–water partition coefficient (Wildman–Crippen LogP) is 3.13. The summed E-state index contributed by atoms with van der Waals surface area (Å²) in [6.45, 7) is 0.262. The average Bonchev–Trinajstić information content (AvgIpc) is 2.19. The van der Waals surface area contributed by atoms with Crippen molar-refractivity contribution in [1.82, 2.24) is 0 Å². The maximum atomic E-state index is 8.61. The minimum atomic E-state index is 0.0905. The highest BCUT2D eigenvalue weighted by atomic mass is 35.5. The van der Waals surface area contributed by atoms with Crippen molar-refractivity contribution in [1.29, 1.82) is 0 Å². The molecule has 0 aliphatic heterocycles. The van der Waals surface area contributed by atoms with Gasteiger partial charge in [0.2, 0.25) is 0 Å². The zero-order valence-electron chi connectivity index (χ0n) is 7.62. The Bertz CT molecular complexity index is 223. The summed E-state index contributed by atoms with van der Waals surface area (Å²) in [7, 11) is 0. The topological polar surface area (TPSA) is 20.2 Å². The van der Waals surface area contributed by atoms with Crippen LogP contribution in [0.2, 0.25) is 0 Å². The van der Waals surface area contributed by atoms with E-state index in [9.17, 15) is 0 Å². The fourth-order valence-corrected chi connectivity index (χ4v) is 1.56. The predicted molar refractivity (Wildman–Crippen MR) is 56.0 cm³/mol. The number of hydrogen-bond acceptors (Lipinski definition) is 1. The van der Waals surface area contributed by atoms with Gasteiger partial charge in [-0.2, -0.15) is 0 Å². The quantitative estimate of drug-likeness (QED) is 0.570. The second-order valence-electron chi connectivity index (χ2n) is 3.10. The van der Waals surface area contributed by atoms with Gasteiger partial charge >= 0.3 is 0 Å². The summed E-state index contributed by atoms with van der Waals surface area (Å²) in [5, 5.41) is 8.70. The Labute approximate surface area is 84.4 Å². The van der Waals surface area contributed by atoms with E-state index < -0.39 is 0 Å². The molecule has 2 heteroatoms. The van der Waals surface area contributed by atoms with Crippen LogP contribution in [0.1, 0.15) is 30.2 Å². The number of benzene rings is 1. The lowest BCUT2D eigenvalue weighted by Crippen LogP contribution is -1.91. The van der Waals surface area contributed by atoms with Crippen LogP contribution < -0.4 is 0 Å². The molecule has 72 valence electrons. The molecular weight excluding hydrogens is 184 g/mol. The number of aliphatic hydroxyl groups excluding tert-OH is 1. The van der Waals surface area contributed by atoms with E-state index in [4.69, 9.17) is 16.7 Å². The van der Waals surface area contributed by atoms with Gasteiger partial charge in [-0.1, -0.05) is 30.3 Å². The highest BCUT2D eigenvalue weighted by Gasteiger charge is 2.05. The van der Waals surface area contributed by atoms with Crippen molar-refractivity contribution in [3.63, 3.8) is 0 Å². The van der Waals surface area contributed by atoms with Crippen molar-refractivity contribution < 1.29 is 5.11 Å². The van der Waals surface area contributed by atoms with E-state index in [1.807, 2.05) is 30.3 Å². The van der Waals surface area contributed by atoms with Gasteiger partial charge in [0.15, 0.2) is 0 Å². The molecule has 0 bridgehead atoms. The van der Waals surface area contributed by atoms with Crippen molar-refractivity contribution in [3.05, 3.63) is 35.9 Å². The lowest BCUT2D eigenvalue weighted by atomic mass is 10.1. The number of alkyl halides is 1. The first-order chi connectivity index (χ1) is 6.34. The van der Waals surface area contributed by atoms with E-state index in [1.165, 1.54) is 5.56 Å². The maximum Gasteiger partial charge on any atom is 0.0585 e. The third kappa shape index (κ3) is 3.79. The Hall–Kier alpha value is -0.530. The van der Waals surface area contributed by atoms with E-state index in [0.29, 0.717) is 0 Å². The highest BCUT2D eigenvalue weighted by molar-refractivity contribution is 6.20. The molecule has 0 aromatic heterocycles. The Morgan fingerprint density at radius 2 is 1.85 bits per heavy atom. The summed E-state index contributed by atoms with van der Waals surface area (Å²) in [5.41, 5.74) is 1.17. The van der Waals surface area contributed by atoms with Gasteiger partial charge in [0.1, 0.15) is 0 Å². The van der Waals surface area contributed by atoms with Crippen LogP contribution in [0.25, 0.3) is 0 Å². The zero-order chi connectivity index (χ0) is 9.52. The van der Waals surface area contributed by atoms with Gasteiger partial charge in [-0.25, -0.2) is 0 Å². The number of unbranched alkanes of at least 4 members (excludes halogenated alkanes) is 1. The summed E-state index contributed by atoms with van der Waals surface area (Å²) < 4.78 is 0. The van der Waals surface area contributed by atoms with Crippen molar-refractivity contribution in [3.8, 4) is 0 Å². The SMILES string of the molecule is OCCCCC(Cl)c1ccccc1. The molecule has 0 radical (unpaired) electrons. The third-order valence-electron chi connectivity index (χ3n) is 2.03. The van der Waals surface area contributed by atoms with Crippen LogP contribution in [-0.2, 0) is 0 Å². The third-order valence-corrected chi connectivity index (χ3v) is 2.50. The number of hydrogen-bond donors (Lipinski definition) is 1. The van der Waals surface area contributed by atoms with Crippen LogP contribution >= 0.6 is 11.6 Å². The van der Waals surface area contributed by atoms with Crippen LogP contribution in [0, 0.1) is 0 Å². The molecule has 0 aliphatic carbocycles. The van der Waals surface area contributed by atoms with Gasteiger partial charge in [-0.3, -0.25) is 0 Å². The highest BCUT2D eigenvalue weighted by Crippen LogP contribution is 2.25. The largest absolute Gasteiger partial charge is 0.396 e. The fraction of sp³-hybridized carbons (Fsp3) is 0.455. The molecule has 1 aromatic rings. The summed E-state index contributed by atoms with van der Waals surface area (Å²) >= 11 is 6.16. The Kier molecular flexibility index (Phi) is 4.87. The van der Waals surface area contributed by atoms with E-state index in [-0.39, 0.29) is 12.0 Å². The summed E-state index contributed by atoms with van der Waals surface area (Å²) in [6.07, 6.45) is 2.77. The molecule has 1 rings (SSSR count). The molecule has 13 heavy (non-hydrogen) atoms. The van der Waals surface area contributed by atoms with Crippen LogP contribution in [0.4, 0.5) is 0 Å². The van der Waals surface area contributed by atoms with E-state index in [0.717, 1.165) is 19.3 Å². The molecule has 0 spiro atoms. The fourth-order valence-electron chi connectivity index (χ4n) is 1.26. The monoisotopic (exact) mass is 198 g/mol. The van der Waals surface area contributed by atoms with Gasteiger partial charge in [0.25, 0.3) is 0 Å². The average molecular weight is 199 g/mol. The van der Waals surface area contributed by atoms with Crippen LogP contribution in [-0.4, -0.2) is 11.7 Å². The summed E-state index contributed by atoms with van der Waals surface area (Å²) in [5.74, 6) is 0. The maximum absolute atomic E-state index is 8.61. The van der Waals surface area contributed by atoms with Gasteiger partial charge in [-0.15, -0.1) is 11.6 Å². The van der Waals surface area contributed by atoms with Gasteiger partial charge < -0.3 is 5.11 Å². The molecule has 1 aromatic carbocycles. The van der Waals surface area contributed by atoms with Crippen LogP contribution in [0.5, 0.6) is 0 Å². The molecule has 0 amide bonds. The molecule has 0 saturated heterocycles. The molecule has 0 saturated carbocycles. The first kappa shape index (κ1) is 10.6. The summed E-state index contributed by atoms with van der Waals surface area (Å²) in [6, 6.07) is 10.1. The van der Waals surface area contributed by atoms with Gasteiger partial charge in [-0.05, 0) is 24.8 Å². The van der Waals surface area contributed by atoms with Crippen LogP contribution in [0.15, 0.2) is 30.3 Å². The Morgan fingerprint density at radius 1 is 1.15 bits per heavy atom. The van der Waals surface area contributed by atoms with Gasteiger partial charge in [0.05, 0.1) is 5.38 Å². The number of rotatable bonds is 5. The minimum absolute atomic E-state index is 0.0905. The Morgan fingerprint density at radius 3 is 2.46 bits per heavy atom. The Balaban J connectivity index is 2.35. The molecule has 1 unspecified atom stereocenters. The lowest BCUT2D eigenvalue weighted by Gasteiger charge is -2.08.